The highest BCUT2D eigenvalue weighted by molar-refractivity contribution is 7.99. The number of carbonyl (C=O) groups excluding carboxylic acids is 2. The molecule has 38 heavy (non-hydrogen) atoms. The van der Waals surface area contributed by atoms with Crippen molar-refractivity contribution in [2.75, 3.05) is 11.1 Å². The summed E-state index contributed by atoms with van der Waals surface area (Å²) < 4.78 is 5.67. The summed E-state index contributed by atoms with van der Waals surface area (Å²) in [5.41, 5.74) is 2.68. The van der Waals surface area contributed by atoms with Crippen LogP contribution in [0.5, 0.6) is 5.75 Å². The molecule has 0 saturated heterocycles. The lowest BCUT2D eigenvalue weighted by atomic mass is 9.95. The first-order valence-corrected chi connectivity index (χ1v) is 14.4. The van der Waals surface area contributed by atoms with Gasteiger partial charge in [0.2, 0.25) is 11.1 Å². The van der Waals surface area contributed by atoms with Crippen LogP contribution in [0.4, 0.5) is 5.00 Å². The first-order chi connectivity index (χ1) is 18.5. The lowest BCUT2D eigenvalue weighted by Crippen LogP contribution is -2.25. The van der Waals surface area contributed by atoms with Gasteiger partial charge >= 0.3 is 0 Å². The van der Waals surface area contributed by atoms with E-state index in [4.69, 9.17) is 16.3 Å². The highest BCUT2D eigenvalue weighted by Crippen LogP contribution is 2.38. The molecule has 4 aromatic rings. The second-order valence-corrected chi connectivity index (χ2v) is 11.2. The molecular weight excluding hydrogens is 542 g/mol. The highest BCUT2D eigenvalue weighted by atomic mass is 35.5. The van der Waals surface area contributed by atoms with E-state index < -0.39 is 0 Å². The number of hydrogen-bond acceptors (Lipinski definition) is 7. The fraction of sp³-hybridized carbons (Fsp3) is 0.259. The second-order valence-electron chi connectivity index (χ2n) is 8.73. The predicted octanol–water partition coefficient (Wildman–Crippen LogP) is 5.64. The Morgan fingerprint density at radius 3 is 2.68 bits per heavy atom. The van der Waals surface area contributed by atoms with Gasteiger partial charge in [0.25, 0.3) is 5.91 Å². The van der Waals surface area contributed by atoms with Gasteiger partial charge in [0.05, 0.1) is 11.3 Å². The third-order valence-corrected chi connectivity index (χ3v) is 8.29. The number of hydrogen-bond donors (Lipinski definition) is 3. The van der Waals surface area contributed by atoms with E-state index in [1.807, 2.05) is 30.3 Å². The molecule has 1 aliphatic rings. The third-order valence-electron chi connectivity index (χ3n) is 5.98. The number of nitrogens with zero attached hydrogens (tertiary/aromatic N) is 2. The summed E-state index contributed by atoms with van der Waals surface area (Å²) in [6.07, 6.45) is 3.92. The zero-order chi connectivity index (χ0) is 26.3. The molecule has 0 aliphatic heterocycles. The van der Waals surface area contributed by atoms with Crippen LogP contribution in [0, 0.1) is 0 Å². The summed E-state index contributed by atoms with van der Waals surface area (Å²) in [5, 5.41) is 14.7. The van der Waals surface area contributed by atoms with Gasteiger partial charge in [-0.3, -0.25) is 14.7 Å². The van der Waals surface area contributed by atoms with E-state index in [1.54, 1.807) is 24.3 Å². The van der Waals surface area contributed by atoms with Gasteiger partial charge < -0.3 is 15.4 Å². The molecule has 0 radical (unpaired) electrons. The van der Waals surface area contributed by atoms with Crippen LogP contribution < -0.4 is 15.4 Å². The van der Waals surface area contributed by atoms with Crippen LogP contribution in [-0.4, -0.2) is 32.7 Å². The van der Waals surface area contributed by atoms with Crippen molar-refractivity contribution in [1.82, 2.24) is 20.5 Å². The zero-order valence-corrected chi connectivity index (χ0v) is 22.8. The van der Waals surface area contributed by atoms with Gasteiger partial charge in [0, 0.05) is 16.4 Å². The second kappa shape index (κ2) is 12.5. The van der Waals surface area contributed by atoms with Crippen LogP contribution in [0.25, 0.3) is 0 Å². The molecule has 11 heteroatoms. The number of thioether (sulfide) groups is 1. The van der Waals surface area contributed by atoms with Crippen molar-refractivity contribution in [3.8, 4) is 5.75 Å². The Labute approximate surface area is 233 Å². The SMILES string of the molecule is O=C(CSc1n[nH]c(COc2ccc(Cl)cc2)n1)Nc1sc2c(c1C(=O)NCc1ccccc1)CCCC2. The molecule has 0 saturated carbocycles. The molecule has 2 aromatic heterocycles. The molecule has 0 unspecified atom stereocenters. The van der Waals surface area contributed by atoms with Crippen LogP contribution in [0.3, 0.4) is 0 Å². The number of benzene rings is 2. The average molecular weight is 568 g/mol. The van der Waals surface area contributed by atoms with Crippen molar-refractivity contribution in [1.29, 1.82) is 0 Å². The van der Waals surface area contributed by atoms with Gasteiger partial charge in [-0.25, -0.2) is 4.98 Å². The quantitative estimate of drug-likeness (QED) is 0.214. The maximum atomic E-state index is 13.2. The topological polar surface area (TPSA) is 109 Å². The van der Waals surface area contributed by atoms with Gasteiger partial charge in [-0.2, -0.15) is 0 Å². The normalized spacial score (nSPS) is 12.6. The Hall–Kier alpha value is -3.34. The first kappa shape index (κ1) is 26.3. The molecule has 5 rings (SSSR count). The van der Waals surface area contributed by atoms with Crippen molar-refractivity contribution in [2.24, 2.45) is 0 Å². The number of rotatable bonds is 10. The Balaban J connectivity index is 1.18. The molecule has 2 aromatic carbocycles. The number of halogens is 1. The highest BCUT2D eigenvalue weighted by Gasteiger charge is 2.26. The smallest absolute Gasteiger partial charge is 0.254 e. The lowest BCUT2D eigenvalue weighted by molar-refractivity contribution is -0.113. The number of aromatic amines is 1. The van der Waals surface area contributed by atoms with Crippen molar-refractivity contribution in [3.05, 3.63) is 87.0 Å². The first-order valence-electron chi connectivity index (χ1n) is 12.2. The van der Waals surface area contributed by atoms with E-state index in [9.17, 15) is 9.59 Å². The number of anilines is 1. The Morgan fingerprint density at radius 2 is 1.87 bits per heavy atom. The number of H-pyrrole nitrogens is 1. The zero-order valence-electron chi connectivity index (χ0n) is 20.5. The molecule has 0 spiro atoms. The fourth-order valence-electron chi connectivity index (χ4n) is 4.14. The number of nitrogens with one attached hydrogen (secondary N) is 3. The summed E-state index contributed by atoms with van der Waals surface area (Å²) in [4.78, 5) is 31.6. The fourth-order valence-corrected chi connectivity index (χ4v) is 6.19. The van der Waals surface area contributed by atoms with Crippen molar-refractivity contribution in [3.63, 3.8) is 0 Å². The van der Waals surface area contributed by atoms with Crippen LogP contribution in [0.2, 0.25) is 5.02 Å². The van der Waals surface area contributed by atoms with Gasteiger partial charge in [-0.05, 0) is 61.1 Å². The summed E-state index contributed by atoms with van der Waals surface area (Å²) in [5.74, 6) is 0.959. The van der Waals surface area contributed by atoms with Crippen LogP contribution >= 0.6 is 34.7 Å². The lowest BCUT2D eigenvalue weighted by Gasteiger charge is -2.13. The van der Waals surface area contributed by atoms with E-state index in [2.05, 4.69) is 25.8 Å². The van der Waals surface area contributed by atoms with Crippen molar-refractivity contribution in [2.45, 2.75) is 44.0 Å². The number of ether oxygens (including phenoxy) is 1. The molecule has 0 atom stereocenters. The summed E-state index contributed by atoms with van der Waals surface area (Å²) in [7, 11) is 0. The molecule has 196 valence electrons. The Morgan fingerprint density at radius 1 is 1.08 bits per heavy atom. The van der Waals surface area contributed by atoms with E-state index in [0.29, 0.717) is 38.9 Å². The number of thiophene rings is 1. The summed E-state index contributed by atoms with van der Waals surface area (Å²) >= 11 is 8.61. The van der Waals surface area contributed by atoms with Gasteiger partial charge in [0.15, 0.2) is 5.82 Å². The summed E-state index contributed by atoms with van der Waals surface area (Å²) in [6, 6.07) is 16.8. The van der Waals surface area contributed by atoms with E-state index in [-0.39, 0.29) is 24.2 Å². The van der Waals surface area contributed by atoms with Crippen LogP contribution in [0.15, 0.2) is 59.8 Å². The third kappa shape index (κ3) is 6.75. The van der Waals surface area contributed by atoms with Gasteiger partial charge in [-0.15, -0.1) is 16.4 Å². The molecule has 0 fully saturated rings. The maximum Gasteiger partial charge on any atom is 0.254 e. The Kier molecular flexibility index (Phi) is 8.62. The molecule has 1 aliphatic carbocycles. The van der Waals surface area contributed by atoms with Crippen LogP contribution in [-0.2, 0) is 30.8 Å². The maximum absolute atomic E-state index is 13.2. The molecule has 2 heterocycles. The molecule has 3 N–H and O–H groups in total. The molecule has 2 amide bonds. The number of amides is 2. The average Bonchev–Trinajstić information content (AvgIpc) is 3.55. The van der Waals surface area contributed by atoms with Crippen molar-refractivity contribution >= 4 is 51.5 Å². The minimum absolute atomic E-state index is 0.114. The number of aryl methyl sites for hydroxylation is 1. The monoisotopic (exact) mass is 567 g/mol. The minimum atomic E-state index is -0.213. The Bertz CT molecular complexity index is 1410. The standard InChI is InChI=1S/C27H26ClN5O3S2/c28-18-10-12-19(13-11-18)36-15-22-30-27(33-32-22)37-16-23(34)31-26-24(20-8-4-5-9-21(20)38-26)25(35)29-14-17-6-2-1-3-7-17/h1-3,6-7,10-13H,4-5,8-9,14-16H2,(H,29,35)(H,31,34)(H,30,32,33). The number of carbonyl (C=O) groups is 2. The van der Waals surface area contributed by atoms with Crippen molar-refractivity contribution < 1.29 is 14.3 Å². The molecule has 0 bridgehead atoms. The van der Waals surface area contributed by atoms with Gasteiger partial charge in [0.1, 0.15) is 17.4 Å². The van der Waals surface area contributed by atoms with E-state index in [1.165, 1.54) is 28.0 Å². The predicted molar refractivity (Wildman–Crippen MR) is 150 cm³/mol. The summed E-state index contributed by atoms with van der Waals surface area (Å²) in [6.45, 7) is 0.645. The molecule has 8 nitrogen and oxygen atoms in total. The minimum Gasteiger partial charge on any atom is -0.486 e. The van der Waals surface area contributed by atoms with E-state index in [0.717, 1.165) is 36.8 Å². The number of fused-ring (bicyclic) bond motifs is 1. The number of aromatic nitrogens is 3. The van der Waals surface area contributed by atoms with Gasteiger partial charge in [-0.1, -0.05) is 53.7 Å². The molecular formula is C27H26ClN5O3S2. The largest absolute Gasteiger partial charge is 0.486 e. The van der Waals surface area contributed by atoms with E-state index >= 15 is 0 Å². The van der Waals surface area contributed by atoms with Crippen LogP contribution in [0.1, 0.15) is 45.0 Å².